The van der Waals surface area contributed by atoms with Crippen LogP contribution in [0, 0.1) is 0 Å². The van der Waals surface area contributed by atoms with Crippen LogP contribution in [0.2, 0.25) is 0 Å². The second-order valence-corrected chi connectivity index (χ2v) is 4.54. The molecule has 0 heterocycles. The normalized spacial score (nSPS) is 11.1. The molecule has 0 spiro atoms. The molecule has 0 saturated carbocycles. The number of hydrogen-bond donors (Lipinski definition) is 2. The molecule has 1 rings (SSSR count). The Morgan fingerprint density at radius 2 is 1.89 bits per heavy atom. The zero-order valence-electron chi connectivity index (χ0n) is 9.53. The summed E-state index contributed by atoms with van der Waals surface area (Å²) in [7, 11) is 0. The number of carbonyl (C=O) groups excluding carboxylic acids is 1. The Kier molecular flexibility index (Phi) is 5.22. The average Bonchev–Trinajstić information content (AvgIpc) is 2.25. The number of hydrogen-bond acceptors (Lipinski definition) is 3. The van der Waals surface area contributed by atoms with E-state index in [1.54, 1.807) is 0 Å². The molecular formula is C11H10F3NO3S. The number of benzene rings is 1. The summed E-state index contributed by atoms with van der Waals surface area (Å²) in [6, 6.07) is 5.91. The lowest BCUT2D eigenvalue weighted by atomic mass is 10.3. The molecule has 0 unspecified atom stereocenters. The van der Waals surface area contributed by atoms with E-state index in [9.17, 15) is 22.8 Å². The van der Waals surface area contributed by atoms with Gasteiger partial charge < -0.3 is 10.4 Å². The second-order valence-electron chi connectivity index (χ2n) is 3.52. The van der Waals surface area contributed by atoms with Gasteiger partial charge in [-0.3, -0.25) is 9.59 Å². The quantitative estimate of drug-likeness (QED) is 0.647. The number of carbonyl (C=O) groups is 2. The van der Waals surface area contributed by atoms with Crippen molar-refractivity contribution in [1.29, 1.82) is 0 Å². The van der Waals surface area contributed by atoms with Gasteiger partial charge in [0.25, 0.3) is 0 Å². The smallest absolute Gasteiger partial charge is 0.398 e. The van der Waals surface area contributed by atoms with E-state index >= 15 is 0 Å². The molecule has 104 valence electrons. The largest absolute Gasteiger partial charge is 0.481 e. The summed E-state index contributed by atoms with van der Waals surface area (Å²) < 4.78 is 36.4. The van der Waals surface area contributed by atoms with E-state index in [1.807, 2.05) is 0 Å². The molecule has 0 aliphatic heterocycles. The number of thioether (sulfide) groups is 1. The van der Waals surface area contributed by atoms with Crippen molar-refractivity contribution in [1.82, 2.24) is 0 Å². The van der Waals surface area contributed by atoms with Gasteiger partial charge in [0.1, 0.15) is 6.42 Å². The first kappa shape index (κ1) is 15.4. The predicted octanol–water partition coefficient (Wildman–Crippen LogP) is 2.75. The lowest BCUT2D eigenvalue weighted by molar-refractivity contribution is -0.139. The van der Waals surface area contributed by atoms with E-state index < -0.39 is 30.2 Å². The highest BCUT2D eigenvalue weighted by Crippen LogP contribution is 2.32. The SMILES string of the molecule is O=C(O)CC(=O)Nc1ccccc1SCC(F)(F)F. The van der Waals surface area contributed by atoms with Crippen molar-refractivity contribution in [2.24, 2.45) is 0 Å². The molecule has 1 aromatic rings. The number of nitrogens with one attached hydrogen (secondary N) is 1. The number of anilines is 1. The highest BCUT2D eigenvalue weighted by Gasteiger charge is 2.27. The standard InChI is InChI=1S/C11H10F3NO3S/c12-11(13,14)6-19-8-4-2-1-3-7(8)15-9(16)5-10(17)18/h1-4H,5-6H2,(H,15,16)(H,17,18). The molecule has 0 atom stereocenters. The molecule has 19 heavy (non-hydrogen) atoms. The Morgan fingerprint density at radius 1 is 1.26 bits per heavy atom. The van der Waals surface area contributed by atoms with Gasteiger partial charge in [0, 0.05) is 4.90 Å². The fraction of sp³-hybridized carbons (Fsp3) is 0.273. The maximum atomic E-state index is 12.1. The molecule has 0 saturated heterocycles. The number of carboxylic acids is 1. The van der Waals surface area contributed by atoms with Gasteiger partial charge in [-0.2, -0.15) is 13.2 Å². The summed E-state index contributed by atoms with van der Waals surface area (Å²) >= 11 is 0.528. The Morgan fingerprint density at radius 3 is 2.47 bits per heavy atom. The van der Waals surface area contributed by atoms with Gasteiger partial charge in [-0.05, 0) is 12.1 Å². The van der Waals surface area contributed by atoms with Crippen LogP contribution in [0.1, 0.15) is 6.42 Å². The van der Waals surface area contributed by atoms with E-state index in [1.165, 1.54) is 24.3 Å². The van der Waals surface area contributed by atoms with Crippen molar-refractivity contribution in [2.45, 2.75) is 17.5 Å². The van der Waals surface area contributed by atoms with Crippen molar-refractivity contribution in [3.63, 3.8) is 0 Å². The minimum absolute atomic E-state index is 0.169. The average molecular weight is 293 g/mol. The third-order valence-corrected chi connectivity index (χ3v) is 3.00. The summed E-state index contributed by atoms with van der Waals surface area (Å²) in [4.78, 5) is 21.8. The van der Waals surface area contributed by atoms with Crippen molar-refractivity contribution >= 4 is 29.3 Å². The highest BCUT2D eigenvalue weighted by molar-refractivity contribution is 7.99. The van der Waals surface area contributed by atoms with Crippen molar-refractivity contribution < 1.29 is 27.9 Å². The molecule has 0 radical (unpaired) electrons. The molecule has 4 nitrogen and oxygen atoms in total. The molecule has 1 amide bonds. The van der Waals surface area contributed by atoms with Crippen LogP contribution >= 0.6 is 11.8 Å². The van der Waals surface area contributed by atoms with Crippen molar-refractivity contribution in [2.75, 3.05) is 11.1 Å². The van der Waals surface area contributed by atoms with Crippen molar-refractivity contribution in [3.05, 3.63) is 24.3 Å². The second kappa shape index (κ2) is 6.46. The number of rotatable bonds is 5. The van der Waals surface area contributed by atoms with Gasteiger partial charge >= 0.3 is 12.1 Å². The topological polar surface area (TPSA) is 66.4 Å². The van der Waals surface area contributed by atoms with Gasteiger partial charge in [-0.1, -0.05) is 12.1 Å². The fourth-order valence-corrected chi connectivity index (χ4v) is 1.96. The summed E-state index contributed by atoms with van der Waals surface area (Å²) in [5, 5.41) is 10.7. The molecular weight excluding hydrogens is 283 g/mol. The van der Waals surface area contributed by atoms with Crippen molar-refractivity contribution in [3.8, 4) is 0 Å². The van der Waals surface area contributed by atoms with Gasteiger partial charge in [0.15, 0.2) is 0 Å². The van der Waals surface area contributed by atoms with E-state index in [2.05, 4.69) is 5.32 Å². The third-order valence-electron chi connectivity index (χ3n) is 1.86. The zero-order chi connectivity index (χ0) is 14.5. The molecule has 1 aromatic carbocycles. The molecule has 0 bridgehead atoms. The van der Waals surface area contributed by atoms with Crippen LogP contribution in [-0.2, 0) is 9.59 Å². The molecule has 8 heteroatoms. The third kappa shape index (κ3) is 6.14. The number of aliphatic carboxylic acids is 1. The minimum Gasteiger partial charge on any atom is -0.481 e. The van der Waals surface area contributed by atoms with Crippen LogP contribution in [-0.4, -0.2) is 28.9 Å². The van der Waals surface area contributed by atoms with E-state index in [0.717, 1.165) is 0 Å². The van der Waals surface area contributed by atoms with Crippen LogP contribution in [0.15, 0.2) is 29.2 Å². The number of alkyl halides is 3. The first-order valence-corrected chi connectivity index (χ1v) is 6.07. The lowest BCUT2D eigenvalue weighted by Crippen LogP contribution is -2.16. The van der Waals surface area contributed by atoms with Crippen LogP contribution in [0.25, 0.3) is 0 Å². The Balaban J connectivity index is 2.73. The summed E-state index contributed by atoms with van der Waals surface area (Å²) in [6.45, 7) is 0. The first-order chi connectivity index (χ1) is 8.78. The van der Waals surface area contributed by atoms with Crippen LogP contribution in [0.5, 0.6) is 0 Å². The number of carboxylic acid groups (broad SMARTS) is 1. The number of para-hydroxylation sites is 1. The van der Waals surface area contributed by atoms with Gasteiger partial charge in [-0.15, -0.1) is 11.8 Å². The monoisotopic (exact) mass is 293 g/mol. The van der Waals surface area contributed by atoms with Crippen LogP contribution in [0.4, 0.5) is 18.9 Å². The Hall–Kier alpha value is -1.70. The first-order valence-electron chi connectivity index (χ1n) is 5.08. The maximum absolute atomic E-state index is 12.1. The summed E-state index contributed by atoms with van der Waals surface area (Å²) in [5.41, 5.74) is 0.169. The summed E-state index contributed by atoms with van der Waals surface area (Å²) in [5.74, 6) is -3.18. The fourth-order valence-electron chi connectivity index (χ4n) is 1.19. The Labute approximate surface area is 111 Å². The summed E-state index contributed by atoms with van der Waals surface area (Å²) in [6.07, 6.45) is -5.05. The van der Waals surface area contributed by atoms with Gasteiger partial charge in [0.05, 0.1) is 11.4 Å². The molecule has 0 aromatic heterocycles. The molecule has 0 aliphatic rings. The van der Waals surface area contributed by atoms with Gasteiger partial charge in [-0.25, -0.2) is 0 Å². The Bertz CT molecular complexity index is 476. The molecule has 2 N–H and O–H groups in total. The highest BCUT2D eigenvalue weighted by atomic mass is 32.2. The van der Waals surface area contributed by atoms with Gasteiger partial charge in [0.2, 0.25) is 5.91 Å². The lowest BCUT2D eigenvalue weighted by Gasteiger charge is -2.11. The van der Waals surface area contributed by atoms with Crippen LogP contribution < -0.4 is 5.32 Å². The van der Waals surface area contributed by atoms with Crippen LogP contribution in [0.3, 0.4) is 0 Å². The van der Waals surface area contributed by atoms with E-state index in [4.69, 9.17) is 5.11 Å². The zero-order valence-corrected chi connectivity index (χ0v) is 10.3. The minimum atomic E-state index is -4.32. The molecule has 0 aliphatic carbocycles. The predicted molar refractivity (Wildman–Crippen MR) is 64.1 cm³/mol. The maximum Gasteiger partial charge on any atom is 0.398 e. The molecule has 0 fully saturated rings. The number of halogens is 3. The number of amides is 1. The van der Waals surface area contributed by atoms with E-state index in [0.29, 0.717) is 11.8 Å². The van der Waals surface area contributed by atoms with E-state index in [-0.39, 0.29) is 10.6 Å².